The normalized spacial score (nSPS) is 13.3. The van der Waals surface area contributed by atoms with E-state index in [1.807, 2.05) is 24.3 Å². The van der Waals surface area contributed by atoms with Gasteiger partial charge in [-0.1, -0.05) is 11.2 Å². The molecule has 1 aliphatic heterocycles. The standard InChI is InChI=1S/C22H22N4O3/c1-15-13-20(25-29-15)24-22(28)17-6-4-5-16(14-17)21(27)23-18-7-9-19(10-8-18)26-11-2-3-12-26/h4-10,13-14H,2-3,11-12H2,1H3,(H,23,27)(H,24,25,28). The number of amides is 2. The van der Waals surface area contributed by atoms with Gasteiger partial charge < -0.3 is 20.1 Å². The summed E-state index contributed by atoms with van der Waals surface area (Å²) in [5, 5.41) is 9.27. The van der Waals surface area contributed by atoms with Crippen LogP contribution in [0.5, 0.6) is 0 Å². The van der Waals surface area contributed by atoms with Gasteiger partial charge in [-0.15, -0.1) is 0 Å². The minimum Gasteiger partial charge on any atom is -0.372 e. The maximum atomic E-state index is 12.6. The molecule has 1 aliphatic rings. The first kappa shape index (κ1) is 18.7. The van der Waals surface area contributed by atoms with Gasteiger partial charge in [0.1, 0.15) is 5.76 Å². The number of nitrogens with zero attached hydrogens (tertiary/aromatic N) is 2. The Balaban J connectivity index is 1.42. The van der Waals surface area contributed by atoms with Crippen LogP contribution in [0.25, 0.3) is 0 Å². The molecule has 0 spiro atoms. The molecule has 2 N–H and O–H groups in total. The highest BCUT2D eigenvalue weighted by molar-refractivity contribution is 6.08. The molecule has 0 radical (unpaired) electrons. The van der Waals surface area contributed by atoms with Gasteiger partial charge in [0.05, 0.1) is 0 Å². The molecule has 0 saturated carbocycles. The van der Waals surface area contributed by atoms with Crippen LogP contribution in [0.4, 0.5) is 17.2 Å². The average molecular weight is 390 g/mol. The minimum atomic E-state index is -0.358. The highest BCUT2D eigenvalue weighted by Crippen LogP contribution is 2.22. The van der Waals surface area contributed by atoms with Crippen molar-refractivity contribution < 1.29 is 14.1 Å². The van der Waals surface area contributed by atoms with E-state index in [1.165, 1.54) is 18.5 Å². The van der Waals surface area contributed by atoms with Gasteiger partial charge in [-0.2, -0.15) is 0 Å². The highest BCUT2D eigenvalue weighted by Gasteiger charge is 2.14. The van der Waals surface area contributed by atoms with Crippen LogP contribution in [0.2, 0.25) is 0 Å². The first-order valence-corrected chi connectivity index (χ1v) is 9.59. The fourth-order valence-corrected chi connectivity index (χ4v) is 3.35. The van der Waals surface area contributed by atoms with E-state index in [0.717, 1.165) is 13.1 Å². The van der Waals surface area contributed by atoms with E-state index >= 15 is 0 Å². The molecule has 2 aromatic carbocycles. The summed E-state index contributed by atoms with van der Waals surface area (Å²) in [5.41, 5.74) is 2.65. The molecule has 2 heterocycles. The SMILES string of the molecule is Cc1cc(NC(=O)c2cccc(C(=O)Nc3ccc(N4CCCC4)cc3)c2)no1. The Hall–Kier alpha value is -3.61. The number of aryl methyl sites for hydroxylation is 1. The Bertz CT molecular complexity index is 1020. The summed E-state index contributed by atoms with van der Waals surface area (Å²) in [4.78, 5) is 27.3. The van der Waals surface area contributed by atoms with Gasteiger partial charge in [0, 0.05) is 41.7 Å². The number of nitrogens with one attached hydrogen (secondary N) is 2. The molecular weight excluding hydrogens is 368 g/mol. The fourth-order valence-electron chi connectivity index (χ4n) is 3.35. The maximum Gasteiger partial charge on any atom is 0.256 e. The molecule has 0 bridgehead atoms. The first-order valence-electron chi connectivity index (χ1n) is 9.59. The van der Waals surface area contributed by atoms with Crippen molar-refractivity contribution in [1.82, 2.24) is 5.16 Å². The lowest BCUT2D eigenvalue weighted by atomic mass is 10.1. The number of aromatic nitrogens is 1. The van der Waals surface area contributed by atoms with Crippen LogP contribution in [0.15, 0.2) is 59.1 Å². The summed E-state index contributed by atoms with van der Waals surface area (Å²) < 4.78 is 4.94. The van der Waals surface area contributed by atoms with Crippen molar-refractivity contribution in [2.24, 2.45) is 0 Å². The zero-order valence-corrected chi connectivity index (χ0v) is 16.1. The lowest BCUT2D eigenvalue weighted by molar-refractivity contribution is 0.102. The number of hydrogen-bond acceptors (Lipinski definition) is 5. The summed E-state index contributed by atoms with van der Waals surface area (Å²) in [5.74, 6) is 0.304. The van der Waals surface area contributed by atoms with Gasteiger partial charge >= 0.3 is 0 Å². The molecule has 0 aliphatic carbocycles. The molecular formula is C22H22N4O3. The van der Waals surface area contributed by atoms with Gasteiger partial charge in [-0.3, -0.25) is 9.59 Å². The maximum absolute atomic E-state index is 12.6. The third kappa shape index (κ3) is 4.45. The summed E-state index contributed by atoms with van der Waals surface area (Å²) >= 11 is 0. The molecule has 3 aromatic rings. The molecule has 0 unspecified atom stereocenters. The van der Waals surface area contributed by atoms with Crippen molar-refractivity contribution in [1.29, 1.82) is 0 Å². The molecule has 148 valence electrons. The molecule has 1 saturated heterocycles. The quantitative estimate of drug-likeness (QED) is 0.685. The van der Waals surface area contributed by atoms with Crippen molar-refractivity contribution in [3.8, 4) is 0 Å². The molecule has 4 rings (SSSR count). The average Bonchev–Trinajstić information content (AvgIpc) is 3.41. The van der Waals surface area contributed by atoms with E-state index < -0.39 is 0 Å². The summed E-state index contributed by atoms with van der Waals surface area (Å²) in [6.07, 6.45) is 2.44. The van der Waals surface area contributed by atoms with E-state index in [2.05, 4.69) is 20.7 Å². The summed E-state index contributed by atoms with van der Waals surface area (Å²) in [7, 11) is 0. The van der Waals surface area contributed by atoms with Gasteiger partial charge in [-0.05, 0) is 62.2 Å². The largest absolute Gasteiger partial charge is 0.372 e. The van der Waals surface area contributed by atoms with Crippen molar-refractivity contribution >= 4 is 29.0 Å². The molecule has 7 heteroatoms. The molecule has 7 nitrogen and oxygen atoms in total. The van der Waals surface area contributed by atoms with Crippen LogP contribution >= 0.6 is 0 Å². The first-order chi connectivity index (χ1) is 14.1. The van der Waals surface area contributed by atoms with Crippen LogP contribution in [-0.4, -0.2) is 30.1 Å². The van der Waals surface area contributed by atoms with Crippen molar-refractivity contribution in [3.05, 3.63) is 71.5 Å². The fraction of sp³-hybridized carbons (Fsp3) is 0.227. The van der Waals surface area contributed by atoms with E-state index in [1.54, 1.807) is 37.3 Å². The van der Waals surface area contributed by atoms with E-state index in [0.29, 0.717) is 28.4 Å². The predicted molar refractivity (Wildman–Crippen MR) is 111 cm³/mol. The smallest absolute Gasteiger partial charge is 0.256 e. The zero-order valence-electron chi connectivity index (χ0n) is 16.1. The van der Waals surface area contributed by atoms with Gasteiger partial charge in [0.15, 0.2) is 5.82 Å². The van der Waals surface area contributed by atoms with Crippen LogP contribution in [0.3, 0.4) is 0 Å². The molecule has 1 aromatic heterocycles. The second kappa shape index (κ2) is 8.18. The number of anilines is 3. The predicted octanol–water partition coefficient (Wildman–Crippen LogP) is 4.09. The monoisotopic (exact) mass is 390 g/mol. The number of benzene rings is 2. The Kier molecular flexibility index (Phi) is 5.29. The number of hydrogen-bond donors (Lipinski definition) is 2. The number of rotatable bonds is 5. The van der Waals surface area contributed by atoms with Crippen LogP contribution in [0, 0.1) is 6.92 Å². The zero-order chi connectivity index (χ0) is 20.2. The Morgan fingerprint density at radius 1 is 0.931 bits per heavy atom. The van der Waals surface area contributed by atoms with Gasteiger partial charge in [-0.25, -0.2) is 0 Å². The topological polar surface area (TPSA) is 87.5 Å². The Labute approximate surface area is 168 Å². The molecule has 29 heavy (non-hydrogen) atoms. The van der Waals surface area contributed by atoms with Crippen LogP contribution < -0.4 is 15.5 Å². The second-order valence-corrected chi connectivity index (χ2v) is 7.05. The Morgan fingerprint density at radius 3 is 2.21 bits per heavy atom. The van der Waals surface area contributed by atoms with Gasteiger partial charge in [0.25, 0.3) is 11.8 Å². The number of carbonyl (C=O) groups is 2. The second-order valence-electron chi connectivity index (χ2n) is 7.05. The minimum absolute atomic E-state index is 0.272. The lowest BCUT2D eigenvalue weighted by Crippen LogP contribution is -2.18. The van der Waals surface area contributed by atoms with Crippen LogP contribution in [-0.2, 0) is 0 Å². The highest BCUT2D eigenvalue weighted by atomic mass is 16.5. The van der Waals surface area contributed by atoms with Crippen LogP contribution in [0.1, 0.15) is 39.3 Å². The molecule has 2 amide bonds. The van der Waals surface area contributed by atoms with Crippen molar-refractivity contribution in [3.63, 3.8) is 0 Å². The third-order valence-electron chi connectivity index (χ3n) is 4.85. The van der Waals surface area contributed by atoms with Crippen molar-refractivity contribution in [2.45, 2.75) is 19.8 Å². The Morgan fingerprint density at radius 2 is 1.59 bits per heavy atom. The summed E-state index contributed by atoms with van der Waals surface area (Å²) in [6, 6.07) is 16.0. The van der Waals surface area contributed by atoms with E-state index in [4.69, 9.17) is 4.52 Å². The molecule has 0 atom stereocenters. The summed E-state index contributed by atoms with van der Waals surface area (Å²) in [6.45, 7) is 3.90. The van der Waals surface area contributed by atoms with E-state index in [-0.39, 0.29) is 11.8 Å². The number of carbonyl (C=O) groups excluding carboxylic acids is 2. The van der Waals surface area contributed by atoms with Crippen molar-refractivity contribution in [2.75, 3.05) is 28.6 Å². The van der Waals surface area contributed by atoms with E-state index in [9.17, 15) is 9.59 Å². The molecule has 1 fully saturated rings. The lowest BCUT2D eigenvalue weighted by Gasteiger charge is -2.17. The van der Waals surface area contributed by atoms with Gasteiger partial charge in [0.2, 0.25) is 0 Å². The third-order valence-corrected chi connectivity index (χ3v) is 4.85.